The number of methoxy groups -OCH3 is 1. The summed E-state index contributed by atoms with van der Waals surface area (Å²) in [5.41, 5.74) is 0.943. The van der Waals surface area contributed by atoms with E-state index in [1.165, 1.54) is 0 Å². The summed E-state index contributed by atoms with van der Waals surface area (Å²) in [5, 5.41) is 0. The number of halogens is 3. The van der Waals surface area contributed by atoms with E-state index in [9.17, 15) is 18.0 Å². The molecule has 160 valence electrons. The van der Waals surface area contributed by atoms with Gasteiger partial charge in [-0.3, -0.25) is 9.79 Å². The molecule has 1 fully saturated rings. The molecule has 1 saturated heterocycles. The number of allylic oxidation sites excluding steroid dienone is 4. The van der Waals surface area contributed by atoms with Crippen LogP contribution in [0.4, 0.5) is 18.9 Å². The molecule has 30 heavy (non-hydrogen) atoms. The zero-order valence-corrected chi connectivity index (χ0v) is 17.2. The van der Waals surface area contributed by atoms with Crippen molar-refractivity contribution in [3.8, 4) is 5.75 Å². The highest BCUT2D eigenvalue weighted by molar-refractivity contribution is 6.14. The molecule has 0 N–H and O–H groups in total. The highest BCUT2D eigenvalue weighted by Gasteiger charge is 2.35. The molecule has 0 amide bonds. The van der Waals surface area contributed by atoms with Crippen LogP contribution in [0.25, 0.3) is 0 Å². The zero-order chi connectivity index (χ0) is 22.1. The quantitative estimate of drug-likeness (QED) is 0.370. The number of Topliss-reactive ketones (excluding diaryl/α,β-unsaturated/α-hetero) is 1. The Labute approximate surface area is 174 Å². The van der Waals surface area contributed by atoms with Crippen molar-refractivity contribution in [2.45, 2.75) is 32.4 Å². The number of carbonyl (C=O) groups is 1. The lowest BCUT2D eigenvalue weighted by Crippen LogP contribution is -2.33. The number of piperidine rings is 1. The number of benzene rings is 1. The molecule has 0 radical (unpaired) electrons. The molecule has 1 aromatic carbocycles. The number of alkyl halides is 3. The predicted molar refractivity (Wildman–Crippen MR) is 113 cm³/mol. The Morgan fingerprint density at radius 2 is 1.97 bits per heavy atom. The second-order valence-corrected chi connectivity index (χ2v) is 7.69. The van der Waals surface area contributed by atoms with Crippen molar-refractivity contribution in [1.29, 1.82) is 0 Å². The summed E-state index contributed by atoms with van der Waals surface area (Å²) in [5.74, 6) is 0.938. The molecule has 0 unspecified atom stereocenters. The number of hydrogen-bond donors (Lipinski definition) is 0. The third-order valence-corrected chi connectivity index (χ3v) is 5.71. The number of rotatable bonds is 5. The number of fused-ring (bicyclic) bond motifs is 1. The molecule has 0 aromatic heterocycles. The van der Waals surface area contributed by atoms with E-state index in [0.29, 0.717) is 23.3 Å². The van der Waals surface area contributed by atoms with Crippen molar-refractivity contribution >= 4 is 18.2 Å². The van der Waals surface area contributed by atoms with Gasteiger partial charge in [0.1, 0.15) is 5.75 Å². The van der Waals surface area contributed by atoms with E-state index in [0.717, 1.165) is 43.3 Å². The average molecular weight is 418 g/mol. The van der Waals surface area contributed by atoms with Gasteiger partial charge in [0.2, 0.25) is 0 Å². The minimum Gasteiger partial charge on any atom is -0.495 e. The van der Waals surface area contributed by atoms with Gasteiger partial charge in [0.05, 0.1) is 24.1 Å². The molecule has 4 nitrogen and oxygen atoms in total. The fourth-order valence-corrected chi connectivity index (χ4v) is 3.94. The lowest BCUT2D eigenvalue weighted by atomic mass is 9.98. The van der Waals surface area contributed by atoms with E-state index in [1.807, 2.05) is 6.07 Å². The Kier molecular flexibility index (Phi) is 6.19. The van der Waals surface area contributed by atoms with Crippen LogP contribution >= 0.6 is 0 Å². The van der Waals surface area contributed by atoms with Gasteiger partial charge in [-0.2, -0.15) is 13.2 Å². The Morgan fingerprint density at radius 1 is 1.30 bits per heavy atom. The van der Waals surface area contributed by atoms with Crippen molar-refractivity contribution in [1.82, 2.24) is 0 Å². The van der Waals surface area contributed by atoms with Crippen LogP contribution in [0.3, 0.4) is 0 Å². The third-order valence-electron chi connectivity index (χ3n) is 5.71. The summed E-state index contributed by atoms with van der Waals surface area (Å²) in [6.07, 6.45) is -0.403. The maximum atomic E-state index is 13.2. The second-order valence-electron chi connectivity index (χ2n) is 7.69. The minimum absolute atomic E-state index is 0.233. The summed E-state index contributed by atoms with van der Waals surface area (Å²) >= 11 is 0. The Bertz CT molecular complexity index is 937. The molecule has 1 heterocycles. The van der Waals surface area contributed by atoms with E-state index in [1.54, 1.807) is 13.2 Å². The number of aliphatic imine (C=N–C) groups is 1. The predicted octanol–water partition coefficient (Wildman–Crippen LogP) is 5.30. The van der Waals surface area contributed by atoms with Crippen molar-refractivity contribution in [3.05, 3.63) is 58.8 Å². The van der Waals surface area contributed by atoms with Crippen molar-refractivity contribution in [3.63, 3.8) is 0 Å². The second kappa shape index (κ2) is 8.50. The first kappa shape index (κ1) is 21.9. The first-order valence-electron chi connectivity index (χ1n) is 9.81. The first-order valence-corrected chi connectivity index (χ1v) is 9.81. The smallest absolute Gasteiger partial charge is 0.418 e. The topological polar surface area (TPSA) is 41.9 Å². The molecule has 1 aromatic rings. The maximum absolute atomic E-state index is 13.2. The summed E-state index contributed by atoms with van der Waals surface area (Å²) in [7, 11) is 1.55. The first-order chi connectivity index (χ1) is 14.2. The summed E-state index contributed by atoms with van der Waals surface area (Å²) < 4.78 is 45.2. The monoisotopic (exact) mass is 418 g/mol. The lowest BCUT2D eigenvalue weighted by Gasteiger charge is -2.33. The molecule has 0 atom stereocenters. The number of carbonyl (C=O) groups excluding carboxylic acids is 1. The zero-order valence-electron chi connectivity index (χ0n) is 17.2. The van der Waals surface area contributed by atoms with Gasteiger partial charge in [-0.25, -0.2) is 0 Å². The van der Waals surface area contributed by atoms with E-state index >= 15 is 0 Å². The SMILES string of the molecule is C=C/C(=C(/C=C1\Cc2cc(N3CCC(C)CC3)c(OC)cc2C1=O)N=C)C(F)(F)F. The van der Waals surface area contributed by atoms with Gasteiger partial charge in [0.25, 0.3) is 0 Å². The van der Waals surface area contributed by atoms with Crippen molar-refractivity contribution in [2.75, 3.05) is 25.1 Å². The van der Waals surface area contributed by atoms with Gasteiger partial charge in [-0.05, 0) is 49.2 Å². The highest BCUT2D eigenvalue weighted by Crippen LogP contribution is 2.39. The largest absolute Gasteiger partial charge is 0.495 e. The standard InChI is InChI=1S/C23H25F3N2O2/c1-5-18(23(24,25)26)19(27-3)11-16-10-15-12-20(28-8-6-14(2)7-9-28)21(30-4)13-17(15)22(16)29/h5,11-14H,1,3,6-10H2,2,4H3/b16-11+,19-18+. The van der Waals surface area contributed by atoms with Crippen LogP contribution in [0, 0.1) is 5.92 Å². The number of anilines is 1. The molecule has 2 aliphatic rings. The summed E-state index contributed by atoms with van der Waals surface area (Å²) in [4.78, 5) is 18.6. The fourth-order valence-electron chi connectivity index (χ4n) is 3.94. The Hall–Kier alpha value is -2.83. The lowest BCUT2D eigenvalue weighted by molar-refractivity contribution is -0.0888. The fraction of sp³-hybridized carbons (Fsp3) is 0.391. The molecule has 0 bridgehead atoms. The molecule has 3 rings (SSSR count). The maximum Gasteiger partial charge on any atom is 0.418 e. The van der Waals surface area contributed by atoms with Crippen LogP contribution in [0.5, 0.6) is 5.75 Å². The van der Waals surface area contributed by atoms with Crippen LogP contribution in [0.15, 0.2) is 52.7 Å². The highest BCUT2D eigenvalue weighted by atomic mass is 19.4. The summed E-state index contributed by atoms with van der Waals surface area (Å²) in [6, 6.07) is 3.61. The van der Waals surface area contributed by atoms with Gasteiger partial charge in [-0.1, -0.05) is 19.6 Å². The molecule has 1 aliphatic carbocycles. The molecular weight excluding hydrogens is 393 g/mol. The van der Waals surface area contributed by atoms with Crippen LogP contribution in [-0.4, -0.2) is 38.9 Å². The molecule has 0 spiro atoms. The minimum atomic E-state index is -4.63. The van der Waals surface area contributed by atoms with Crippen LogP contribution in [0.2, 0.25) is 0 Å². The van der Waals surface area contributed by atoms with Crippen molar-refractivity contribution < 1.29 is 22.7 Å². The van der Waals surface area contributed by atoms with Crippen molar-refractivity contribution in [2.24, 2.45) is 10.9 Å². The van der Waals surface area contributed by atoms with E-state index in [-0.39, 0.29) is 17.8 Å². The summed E-state index contributed by atoms with van der Waals surface area (Å²) in [6.45, 7) is 10.5. The van der Waals surface area contributed by atoms with E-state index in [4.69, 9.17) is 4.74 Å². The number of nitrogens with zero attached hydrogens (tertiary/aromatic N) is 2. The van der Waals surface area contributed by atoms with Gasteiger partial charge < -0.3 is 9.64 Å². The Balaban J connectivity index is 2.00. The Morgan fingerprint density at radius 3 is 2.50 bits per heavy atom. The number of ketones is 1. The van der Waals surface area contributed by atoms with Gasteiger partial charge in [-0.15, -0.1) is 0 Å². The van der Waals surface area contributed by atoms with Gasteiger partial charge in [0.15, 0.2) is 5.78 Å². The van der Waals surface area contributed by atoms with Crippen LogP contribution < -0.4 is 9.64 Å². The molecule has 0 saturated carbocycles. The van der Waals surface area contributed by atoms with Crippen LogP contribution in [0.1, 0.15) is 35.7 Å². The third kappa shape index (κ3) is 4.20. The van der Waals surface area contributed by atoms with E-state index < -0.39 is 17.4 Å². The number of ether oxygens (including phenoxy) is 1. The normalized spacial score (nSPS) is 19.6. The molecule has 7 heteroatoms. The van der Waals surface area contributed by atoms with Gasteiger partial charge >= 0.3 is 6.18 Å². The van der Waals surface area contributed by atoms with Crippen LogP contribution in [-0.2, 0) is 6.42 Å². The van der Waals surface area contributed by atoms with Gasteiger partial charge in [0, 0.05) is 30.6 Å². The van der Waals surface area contributed by atoms with E-state index in [2.05, 4.69) is 30.1 Å². The molecular formula is C23H25F3N2O2. The molecule has 1 aliphatic heterocycles. The number of hydrogen-bond acceptors (Lipinski definition) is 4. The average Bonchev–Trinajstić information content (AvgIpc) is 3.01.